The molecular weight excluding hydrogens is 440 g/mol. The zero-order chi connectivity index (χ0) is 23.9. The normalized spacial score (nSPS) is 12.1. The Kier molecular flexibility index (Phi) is 7.35. The summed E-state index contributed by atoms with van der Waals surface area (Å²) in [7, 11) is 0. The first-order chi connectivity index (χ1) is 16.5. The summed E-state index contributed by atoms with van der Waals surface area (Å²) in [6, 6.07) is 28.6. The summed E-state index contributed by atoms with van der Waals surface area (Å²) in [4.78, 5) is 27.3. The van der Waals surface area contributed by atoms with Crippen LogP contribution in [0.1, 0.15) is 43.5 Å². The average Bonchev–Trinajstić information content (AvgIpc) is 3.37. The van der Waals surface area contributed by atoms with Crippen molar-refractivity contribution >= 4 is 29.2 Å². The van der Waals surface area contributed by atoms with Crippen molar-refractivity contribution < 1.29 is 9.59 Å². The van der Waals surface area contributed by atoms with E-state index in [1.807, 2.05) is 98.1 Å². The number of hydrogen-bond donors (Lipinski definition) is 2. The van der Waals surface area contributed by atoms with E-state index in [9.17, 15) is 9.59 Å². The molecule has 1 aromatic heterocycles. The lowest BCUT2D eigenvalue weighted by Gasteiger charge is -2.21. The molecule has 0 unspecified atom stereocenters. The highest BCUT2D eigenvalue weighted by Gasteiger charge is 2.21. The molecule has 5 heteroatoms. The quantitative estimate of drug-likeness (QED) is 0.326. The van der Waals surface area contributed by atoms with Gasteiger partial charge in [-0.1, -0.05) is 83.9 Å². The fourth-order valence-corrected chi connectivity index (χ4v) is 4.20. The molecule has 2 amide bonds. The minimum atomic E-state index is -0.364. The number of carbonyl (C=O) groups is 2. The van der Waals surface area contributed by atoms with Crippen LogP contribution >= 0.6 is 11.3 Å². The third kappa shape index (κ3) is 5.88. The van der Waals surface area contributed by atoms with Crippen LogP contribution in [0.2, 0.25) is 0 Å². The zero-order valence-corrected chi connectivity index (χ0v) is 19.9. The predicted molar refractivity (Wildman–Crippen MR) is 139 cm³/mol. The summed E-state index contributed by atoms with van der Waals surface area (Å²) in [5.74, 6) is -0.687. The van der Waals surface area contributed by atoms with Gasteiger partial charge in [0.2, 0.25) is 0 Å². The molecule has 0 fully saturated rings. The van der Waals surface area contributed by atoms with Crippen LogP contribution in [0.4, 0.5) is 0 Å². The molecule has 2 N–H and O–H groups in total. The molecule has 170 valence electrons. The van der Waals surface area contributed by atoms with Crippen LogP contribution in [0.15, 0.2) is 102 Å². The lowest BCUT2D eigenvalue weighted by molar-refractivity contribution is -0.118. The molecule has 4 aromatic rings. The van der Waals surface area contributed by atoms with E-state index in [0.29, 0.717) is 5.56 Å². The fourth-order valence-electron chi connectivity index (χ4n) is 3.55. The van der Waals surface area contributed by atoms with Crippen LogP contribution in [0.3, 0.4) is 0 Å². The molecule has 0 aliphatic carbocycles. The lowest BCUT2D eigenvalue weighted by atomic mass is 9.97. The lowest BCUT2D eigenvalue weighted by Crippen LogP contribution is -2.37. The number of nitrogens with one attached hydrogen (secondary N) is 2. The van der Waals surface area contributed by atoms with Gasteiger partial charge in [0.05, 0.1) is 6.04 Å². The van der Waals surface area contributed by atoms with E-state index >= 15 is 0 Å². The largest absolute Gasteiger partial charge is 0.340 e. The number of thiophene rings is 1. The molecular formula is C29H26N2O2S. The Hall–Kier alpha value is -3.96. The molecule has 4 nitrogen and oxygen atoms in total. The maximum Gasteiger partial charge on any atom is 0.268 e. The van der Waals surface area contributed by atoms with Crippen molar-refractivity contribution in [3.63, 3.8) is 0 Å². The summed E-state index contributed by atoms with van der Waals surface area (Å²) >= 11 is 1.50. The van der Waals surface area contributed by atoms with E-state index in [1.165, 1.54) is 11.3 Å². The number of benzene rings is 3. The Bertz CT molecular complexity index is 1280. The number of rotatable bonds is 7. The molecule has 1 atom stereocenters. The van der Waals surface area contributed by atoms with Gasteiger partial charge in [-0.3, -0.25) is 9.59 Å². The molecule has 0 radical (unpaired) electrons. The minimum Gasteiger partial charge on any atom is -0.340 e. The van der Waals surface area contributed by atoms with Gasteiger partial charge in [0, 0.05) is 10.4 Å². The van der Waals surface area contributed by atoms with Crippen molar-refractivity contribution in [1.82, 2.24) is 10.6 Å². The van der Waals surface area contributed by atoms with Gasteiger partial charge < -0.3 is 10.6 Å². The van der Waals surface area contributed by atoms with E-state index in [0.717, 1.165) is 27.1 Å². The molecule has 0 aliphatic heterocycles. The monoisotopic (exact) mass is 466 g/mol. The second kappa shape index (κ2) is 10.8. The van der Waals surface area contributed by atoms with Crippen molar-refractivity contribution in [2.24, 2.45) is 0 Å². The Morgan fingerprint density at radius 2 is 1.38 bits per heavy atom. The molecule has 0 bridgehead atoms. The summed E-state index contributed by atoms with van der Waals surface area (Å²) in [5, 5.41) is 7.89. The van der Waals surface area contributed by atoms with Gasteiger partial charge in [-0.05, 0) is 54.6 Å². The molecule has 1 heterocycles. The van der Waals surface area contributed by atoms with Crippen LogP contribution in [-0.2, 0) is 4.79 Å². The summed E-state index contributed by atoms with van der Waals surface area (Å²) in [6.45, 7) is 3.99. The summed E-state index contributed by atoms with van der Waals surface area (Å²) < 4.78 is 0. The summed E-state index contributed by atoms with van der Waals surface area (Å²) in [5.41, 5.74) is 4.82. The third-order valence-corrected chi connectivity index (χ3v) is 6.27. The van der Waals surface area contributed by atoms with Crippen LogP contribution in [0, 0.1) is 13.8 Å². The van der Waals surface area contributed by atoms with Gasteiger partial charge in [-0.2, -0.15) is 0 Å². The first kappa shape index (κ1) is 23.2. The van der Waals surface area contributed by atoms with Gasteiger partial charge in [-0.25, -0.2) is 0 Å². The highest BCUT2D eigenvalue weighted by molar-refractivity contribution is 7.10. The van der Waals surface area contributed by atoms with Crippen LogP contribution in [0.25, 0.3) is 6.08 Å². The molecule has 3 aromatic carbocycles. The molecule has 0 saturated heterocycles. The van der Waals surface area contributed by atoms with E-state index < -0.39 is 0 Å². The second-order valence-corrected chi connectivity index (χ2v) is 9.10. The van der Waals surface area contributed by atoms with Crippen molar-refractivity contribution in [3.05, 3.63) is 135 Å². The standard InChI is InChI=1S/C29H26N2O2S/c1-20-10-14-23(15-11-20)27(22-7-4-3-5-8-22)31-29(33)26(19-25-9-6-18-34-25)30-28(32)24-16-12-21(2)13-17-24/h3-19,27H,1-2H3,(H,30,32)(H,31,33)/b26-19-/t27-/m0/s1. The predicted octanol–water partition coefficient (Wildman–Crippen LogP) is 6.04. The highest BCUT2D eigenvalue weighted by atomic mass is 32.1. The van der Waals surface area contributed by atoms with Crippen LogP contribution in [-0.4, -0.2) is 11.8 Å². The first-order valence-electron chi connectivity index (χ1n) is 11.1. The number of amides is 2. The van der Waals surface area contributed by atoms with Crippen LogP contribution in [0.5, 0.6) is 0 Å². The maximum absolute atomic E-state index is 13.5. The molecule has 0 saturated carbocycles. The topological polar surface area (TPSA) is 58.2 Å². The van der Waals surface area contributed by atoms with E-state index in [2.05, 4.69) is 10.6 Å². The molecule has 0 spiro atoms. The van der Waals surface area contributed by atoms with E-state index in [4.69, 9.17) is 0 Å². The molecule has 0 aliphatic rings. The van der Waals surface area contributed by atoms with Crippen molar-refractivity contribution in [2.75, 3.05) is 0 Å². The third-order valence-electron chi connectivity index (χ3n) is 5.46. The van der Waals surface area contributed by atoms with Gasteiger partial charge in [0.25, 0.3) is 11.8 Å². The average molecular weight is 467 g/mol. The Morgan fingerprint density at radius 3 is 2.00 bits per heavy atom. The zero-order valence-electron chi connectivity index (χ0n) is 19.1. The smallest absolute Gasteiger partial charge is 0.268 e. The van der Waals surface area contributed by atoms with Crippen molar-refractivity contribution in [2.45, 2.75) is 19.9 Å². The molecule has 34 heavy (non-hydrogen) atoms. The van der Waals surface area contributed by atoms with Gasteiger partial charge in [0.1, 0.15) is 5.70 Å². The second-order valence-electron chi connectivity index (χ2n) is 8.12. The van der Waals surface area contributed by atoms with Crippen LogP contribution < -0.4 is 10.6 Å². The molecule has 4 rings (SSSR count). The van der Waals surface area contributed by atoms with Gasteiger partial charge >= 0.3 is 0 Å². The Labute approximate surface area is 204 Å². The Balaban J connectivity index is 1.64. The number of aryl methyl sites for hydroxylation is 2. The first-order valence-corrected chi connectivity index (χ1v) is 11.9. The highest BCUT2D eigenvalue weighted by Crippen LogP contribution is 2.23. The van der Waals surface area contributed by atoms with Crippen molar-refractivity contribution in [1.29, 1.82) is 0 Å². The Morgan fingerprint density at radius 1 is 0.765 bits per heavy atom. The maximum atomic E-state index is 13.5. The number of carbonyl (C=O) groups excluding carboxylic acids is 2. The number of hydrogen-bond acceptors (Lipinski definition) is 3. The van der Waals surface area contributed by atoms with Gasteiger partial charge in [-0.15, -0.1) is 11.3 Å². The SMILES string of the molecule is Cc1ccc(C(=O)N/C(=C\c2cccs2)C(=O)N[C@@H](c2ccccc2)c2ccc(C)cc2)cc1. The minimum absolute atomic E-state index is 0.195. The summed E-state index contributed by atoms with van der Waals surface area (Å²) in [6.07, 6.45) is 1.71. The van der Waals surface area contributed by atoms with E-state index in [1.54, 1.807) is 18.2 Å². The van der Waals surface area contributed by atoms with E-state index in [-0.39, 0.29) is 23.6 Å². The van der Waals surface area contributed by atoms with Crippen molar-refractivity contribution in [3.8, 4) is 0 Å². The fraction of sp³-hybridized carbons (Fsp3) is 0.103. The van der Waals surface area contributed by atoms with Gasteiger partial charge in [0.15, 0.2) is 0 Å².